The molecule has 0 aliphatic carbocycles. The zero-order chi connectivity index (χ0) is 15.6. The van der Waals surface area contributed by atoms with Crippen LogP contribution in [0.3, 0.4) is 0 Å². The molecule has 0 spiro atoms. The van der Waals surface area contributed by atoms with Crippen molar-refractivity contribution in [2.45, 2.75) is 13.0 Å². The van der Waals surface area contributed by atoms with E-state index >= 15 is 0 Å². The Balaban J connectivity index is 2.04. The van der Waals surface area contributed by atoms with Gasteiger partial charge >= 0.3 is 0 Å². The molecule has 114 valence electrons. The Labute approximate surface area is 123 Å². The number of para-hydroxylation sites is 1. The second kappa shape index (κ2) is 5.87. The summed E-state index contributed by atoms with van der Waals surface area (Å²) in [6, 6.07) is 9.09. The van der Waals surface area contributed by atoms with Crippen molar-refractivity contribution in [3.8, 4) is 0 Å². The largest absolute Gasteiger partial charge is 0.459 e. The van der Waals surface area contributed by atoms with Crippen LogP contribution in [0.4, 0.5) is 0 Å². The van der Waals surface area contributed by atoms with E-state index in [0.717, 1.165) is 21.5 Å². The topological polar surface area (TPSA) is 79.6 Å². The van der Waals surface area contributed by atoms with Gasteiger partial charge in [0, 0.05) is 12.4 Å². The van der Waals surface area contributed by atoms with E-state index < -0.39 is 10.0 Å². The summed E-state index contributed by atoms with van der Waals surface area (Å²) in [6.45, 7) is 1.57. The number of rotatable bonds is 5. The van der Waals surface area contributed by atoms with E-state index in [-0.39, 0.29) is 18.5 Å². The SMILES string of the molecule is C[C@H](NC(=O)CN(C)S(C)(=O)=O)c1cc2ccccc2o1. The molecule has 21 heavy (non-hydrogen) atoms. The van der Waals surface area contributed by atoms with E-state index in [0.29, 0.717) is 5.76 Å². The smallest absolute Gasteiger partial charge is 0.235 e. The van der Waals surface area contributed by atoms with Crippen molar-refractivity contribution in [2.24, 2.45) is 0 Å². The summed E-state index contributed by atoms with van der Waals surface area (Å²) in [7, 11) is -2.01. The number of carbonyl (C=O) groups excluding carboxylic acids is 1. The number of likely N-dealkylation sites (N-methyl/N-ethyl adjacent to an activating group) is 1. The third-order valence-electron chi connectivity index (χ3n) is 3.18. The summed E-state index contributed by atoms with van der Waals surface area (Å²) in [6.07, 6.45) is 1.06. The van der Waals surface area contributed by atoms with Gasteiger partial charge in [0.2, 0.25) is 15.9 Å². The first-order valence-electron chi connectivity index (χ1n) is 6.46. The fraction of sp³-hybridized carbons (Fsp3) is 0.357. The summed E-state index contributed by atoms with van der Waals surface area (Å²) in [4.78, 5) is 11.8. The second-order valence-corrected chi connectivity index (χ2v) is 7.08. The number of sulfonamides is 1. The standard InChI is InChI=1S/C14H18N2O4S/c1-10(15-14(17)9-16(2)21(3,18)19)13-8-11-6-4-5-7-12(11)20-13/h4-8,10H,9H2,1-3H3,(H,15,17)/t10-/m0/s1. The molecule has 2 aromatic rings. The molecule has 0 fully saturated rings. The van der Waals surface area contributed by atoms with Crippen molar-refractivity contribution >= 4 is 26.9 Å². The van der Waals surface area contributed by atoms with Gasteiger partial charge in [0.05, 0.1) is 18.8 Å². The Morgan fingerprint density at radius 3 is 2.67 bits per heavy atom. The van der Waals surface area contributed by atoms with Gasteiger partial charge in [-0.05, 0) is 19.1 Å². The summed E-state index contributed by atoms with van der Waals surface area (Å²) >= 11 is 0. The zero-order valence-electron chi connectivity index (χ0n) is 12.2. The van der Waals surface area contributed by atoms with Gasteiger partial charge in [0.1, 0.15) is 11.3 Å². The maximum atomic E-state index is 11.8. The van der Waals surface area contributed by atoms with E-state index in [1.807, 2.05) is 30.3 Å². The fourth-order valence-electron chi connectivity index (χ4n) is 1.89. The first kappa shape index (κ1) is 15.5. The molecule has 0 bridgehead atoms. The molecule has 7 heteroatoms. The first-order valence-corrected chi connectivity index (χ1v) is 8.31. The minimum atomic E-state index is -3.37. The maximum Gasteiger partial charge on any atom is 0.235 e. The highest BCUT2D eigenvalue weighted by Crippen LogP contribution is 2.23. The predicted molar refractivity (Wildman–Crippen MR) is 80.2 cm³/mol. The molecular formula is C14H18N2O4S. The molecule has 1 atom stereocenters. The lowest BCUT2D eigenvalue weighted by Gasteiger charge is -2.16. The lowest BCUT2D eigenvalue weighted by atomic mass is 10.2. The molecule has 1 N–H and O–H groups in total. The fourth-order valence-corrected chi connectivity index (χ4v) is 2.25. The highest BCUT2D eigenvalue weighted by Gasteiger charge is 2.18. The van der Waals surface area contributed by atoms with Crippen LogP contribution in [0.5, 0.6) is 0 Å². The van der Waals surface area contributed by atoms with Crippen LogP contribution in [0.1, 0.15) is 18.7 Å². The zero-order valence-corrected chi connectivity index (χ0v) is 13.0. The Bertz CT molecular complexity index is 718. The molecule has 0 saturated heterocycles. The number of nitrogens with one attached hydrogen (secondary N) is 1. The Hall–Kier alpha value is -1.86. The van der Waals surface area contributed by atoms with Gasteiger partial charge in [-0.25, -0.2) is 8.42 Å². The quantitative estimate of drug-likeness (QED) is 0.907. The molecule has 6 nitrogen and oxygen atoms in total. The van der Waals surface area contributed by atoms with E-state index in [1.165, 1.54) is 7.05 Å². The lowest BCUT2D eigenvalue weighted by Crippen LogP contribution is -2.38. The van der Waals surface area contributed by atoms with Crippen LogP contribution in [-0.2, 0) is 14.8 Å². The van der Waals surface area contributed by atoms with E-state index in [2.05, 4.69) is 5.32 Å². The monoisotopic (exact) mass is 310 g/mol. The van der Waals surface area contributed by atoms with Crippen LogP contribution in [0.15, 0.2) is 34.7 Å². The van der Waals surface area contributed by atoms with Crippen LogP contribution in [0, 0.1) is 0 Å². The van der Waals surface area contributed by atoms with Gasteiger partial charge in [0.25, 0.3) is 0 Å². The van der Waals surface area contributed by atoms with Crippen molar-refractivity contribution in [1.82, 2.24) is 9.62 Å². The number of benzene rings is 1. The van der Waals surface area contributed by atoms with Crippen molar-refractivity contribution in [3.63, 3.8) is 0 Å². The van der Waals surface area contributed by atoms with E-state index in [1.54, 1.807) is 6.92 Å². The second-order valence-electron chi connectivity index (χ2n) is 4.99. The summed E-state index contributed by atoms with van der Waals surface area (Å²) < 4.78 is 29.2. The van der Waals surface area contributed by atoms with Gasteiger partial charge in [0.15, 0.2) is 0 Å². The Kier molecular flexibility index (Phi) is 4.34. The molecule has 0 unspecified atom stereocenters. The maximum absolute atomic E-state index is 11.8. The summed E-state index contributed by atoms with van der Waals surface area (Å²) in [5, 5.41) is 3.68. The molecule has 1 aromatic carbocycles. The average molecular weight is 310 g/mol. The van der Waals surface area contributed by atoms with Crippen molar-refractivity contribution in [3.05, 3.63) is 36.1 Å². The normalized spacial score (nSPS) is 13.5. The van der Waals surface area contributed by atoms with Crippen LogP contribution in [-0.4, -0.2) is 38.5 Å². The molecule has 1 aromatic heterocycles. The average Bonchev–Trinajstić information content (AvgIpc) is 2.81. The molecular weight excluding hydrogens is 292 g/mol. The number of furan rings is 1. The van der Waals surface area contributed by atoms with Crippen molar-refractivity contribution < 1.29 is 17.6 Å². The van der Waals surface area contributed by atoms with Gasteiger partial charge in [-0.1, -0.05) is 18.2 Å². The number of hydrogen-bond donors (Lipinski definition) is 1. The summed E-state index contributed by atoms with van der Waals surface area (Å²) in [5.41, 5.74) is 0.752. The molecule has 1 amide bonds. The first-order chi connectivity index (χ1) is 9.77. The van der Waals surface area contributed by atoms with Gasteiger partial charge in [-0.15, -0.1) is 0 Å². The van der Waals surface area contributed by atoms with E-state index in [4.69, 9.17) is 4.42 Å². The summed E-state index contributed by atoms with van der Waals surface area (Å²) in [5.74, 6) is 0.252. The Morgan fingerprint density at radius 2 is 2.05 bits per heavy atom. The number of fused-ring (bicyclic) bond motifs is 1. The van der Waals surface area contributed by atoms with Crippen LogP contribution >= 0.6 is 0 Å². The van der Waals surface area contributed by atoms with Gasteiger partial charge in [-0.2, -0.15) is 4.31 Å². The van der Waals surface area contributed by atoms with Crippen molar-refractivity contribution in [1.29, 1.82) is 0 Å². The number of hydrogen-bond acceptors (Lipinski definition) is 4. The van der Waals surface area contributed by atoms with Gasteiger partial charge in [-0.3, -0.25) is 4.79 Å². The van der Waals surface area contributed by atoms with Crippen LogP contribution < -0.4 is 5.32 Å². The minimum absolute atomic E-state index is 0.219. The predicted octanol–water partition coefficient (Wildman–Crippen LogP) is 1.50. The molecule has 2 rings (SSSR count). The third-order valence-corrected chi connectivity index (χ3v) is 4.44. The highest BCUT2D eigenvalue weighted by atomic mass is 32.2. The molecule has 1 heterocycles. The molecule has 0 aliphatic rings. The highest BCUT2D eigenvalue weighted by molar-refractivity contribution is 7.88. The van der Waals surface area contributed by atoms with Crippen LogP contribution in [0.2, 0.25) is 0 Å². The number of amides is 1. The van der Waals surface area contributed by atoms with Crippen molar-refractivity contribution in [2.75, 3.05) is 19.8 Å². The number of carbonyl (C=O) groups is 1. The van der Waals surface area contributed by atoms with Gasteiger partial charge < -0.3 is 9.73 Å². The Morgan fingerprint density at radius 1 is 1.38 bits per heavy atom. The minimum Gasteiger partial charge on any atom is -0.459 e. The van der Waals surface area contributed by atoms with Crippen LogP contribution in [0.25, 0.3) is 11.0 Å². The van der Waals surface area contributed by atoms with E-state index in [9.17, 15) is 13.2 Å². The molecule has 0 saturated carbocycles. The lowest BCUT2D eigenvalue weighted by molar-refractivity contribution is -0.121. The number of nitrogens with zero attached hydrogens (tertiary/aromatic N) is 1. The molecule has 0 radical (unpaired) electrons. The third kappa shape index (κ3) is 3.83. The molecule has 0 aliphatic heterocycles.